The van der Waals surface area contributed by atoms with Crippen LogP contribution in [0.15, 0.2) is 54.6 Å². The fourth-order valence-electron chi connectivity index (χ4n) is 4.41. The van der Waals surface area contributed by atoms with E-state index in [0.717, 1.165) is 58.5 Å². The zero-order valence-electron chi connectivity index (χ0n) is 18.6. The molecule has 7 heteroatoms. The molecule has 0 unspecified atom stereocenters. The van der Waals surface area contributed by atoms with E-state index in [-0.39, 0.29) is 5.91 Å². The van der Waals surface area contributed by atoms with E-state index in [0.29, 0.717) is 22.1 Å². The lowest BCUT2D eigenvalue weighted by atomic mass is 9.98. The fraction of sp³-hybridized carbons (Fsp3) is 0.231. The van der Waals surface area contributed by atoms with Gasteiger partial charge in [0, 0.05) is 35.2 Å². The molecule has 1 amide bonds. The van der Waals surface area contributed by atoms with Crippen molar-refractivity contribution in [3.05, 3.63) is 59.5 Å². The van der Waals surface area contributed by atoms with Crippen LogP contribution in [0.3, 0.4) is 0 Å². The number of methoxy groups -OCH3 is 2. The molecule has 1 saturated heterocycles. The summed E-state index contributed by atoms with van der Waals surface area (Å²) in [4.78, 5) is 21.3. The Kier molecular flexibility index (Phi) is 5.64. The van der Waals surface area contributed by atoms with Crippen molar-refractivity contribution >= 4 is 33.1 Å². The Labute approximate surface area is 196 Å². The second-order valence-corrected chi connectivity index (χ2v) is 8.99. The largest absolute Gasteiger partial charge is 0.493 e. The van der Waals surface area contributed by atoms with Crippen LogP contribution in [0.4, 0.5) is 5.69 Å². The summed E-state index contributed by atoms with van der Waals surface area (Å²) in [6.07, 6.45) is 2.05. The van der Waals surface area contributed by atoms with Gasteiger partial charge in [-0.2, -0.15) is 0 Å². The third-order valence-corrected chi connectivity index (χ3v) is 7.14. The smallest absolute Gasteiger partial charge is 0.266 e. The molecule has 4 aromatic rings. The van der Waals surface area contributed by atoms with Gasteiger partial charge in [0.05, 0.1) is 25.6 Å². The molecule has 5 rings (SSSR count). The van der Waals surface area contributed by atoms with Crippen molar-refractivity contribution in [2.24, 2.45) is 0 Å². The number of likely N-dealkylation sites (tertiary alicyclic amines) is 1. The van der Waals surface area contributed by atoms with Gasteiger partial charge in [-0.1, -0.05) is 42.5 Å². The molecule has 0 spiro atoms. The molecule has 0 bridgehead atoms. The Morgan fingerprint density at radius 2 is 1.76 bits per heavy atom. The minimum absolute atomic E-state index is 0.0159. The molecule has 1 fully saturated rings. The number of anilines is 1. The average Bonchev–Trinajstić information content (AvgIpc) is 3.51. The van der Waals surface area contributed by atoms with Crippen LogP contribution < -0.4 is 15.2 Å². The number of benzene rings is 2. The number of nitrogens with two attached hydrogens (primary N) is 1. The van der Waals surface area contributed by atoms with Crippen molar-refractivity contribution in [3.63, 3.8) is 0 Å². The molecule has 3 heterocycles. The topological polar surface area (TPSA) is 77.7 Å². The van der Waals surface area contributed by atoms with Crippen LogP contribution >= 0.6 is 11.3 Å². The first-order valence-electron chi connectivity index (χ1n) is 10.9. The maximum atomic E-state index is 13.2. The number of thiophene rings is 1. The molecule has 168 valence electrons. The van der Waals surface area contributed by atoms with E-state index in [9.17, 15) is 4.79 Å². The second kappa shape index (κ2) is 8.75. The number of pyridine rings is 1. The summed E-state index contributed by atoms with van der Waals surface area (Å²) in [7, 11) is 3.24. The number of nitrogens with zero attached hydrogens (tertiary/aromatic N) is 2. The molecule has 1 aliphatic heterocycles. The minimum Gasteiger partial charge on any atom is -0.493 e. The number of fused-ring (bicyclic) bond motifs is 1. The lowest BCUT2D eigenvalue weighted by molar-refractivity contribution is 0.0798. The highest BCUT2D eigenvalue weighted by atomic mass is 32.1. The van der Waals surface area contributed by atoms with E-state index in [1.54, 1.807) is 14.2 Å². The monoisotopic (exact) mass is 459 g/mol. The van der Waals surface area contributed by atoms with Crippen LogP contribution in [-0.2, 0) is 0 Å². The average molecular weight is 460 g/mol. The number of carbonyl (C=O) groups is 1. The number of hydrogen-bond donors (Lipinski definition) is 1. The van der Waals surface area contributed by atoms with Crippen molar-refractivity contribution in [1.82, 2.24) is 9.88 Å². The second-order valence-electron chi connectivity index (χ2n) is 7.99. The highest BCUT2D eigenvalue weighted by Crippen LogP contribution is 2.46. The summed E-state index contributed by atoms with van der Waals surface area (Å²) in [6, 6.07) is 17.8. The van der Waals surface area contributed by atoms with Crippen LogP contribution in [0, 0.1) is 0 Å². The van der Waals surface area contributed by atoms with Crippen LogP contribution in [0.2, 0.25) is 0 Å². The third kappa shape index (κ3) is 3.68. The first-order valence-corrected chi connectivity index (χ1v) is 11.7. The first kappa shape index (κ1) is 21.3. The maximum Gasteiger partial charge on any atom is 0.266 e. The van der Waals surface area contributed by atoms with Gasteiger partial charge in [0.25, 0.3) is 5.91 Å². The van der Waals surface area contributed by atoms with Crippen molar-refractivity contribution < 1.29 is 14.3 Å². The molecule has 0 aliphatic carbocycles. The molecule has 33 heavy (non-hydrogen) atoms. The Hall–Kier alpha value is -3.58. The van der Waals surface area contributed by atoms with Gasteiger partial charge in [-0.05, 0) is 25.0 Å². The van der Waals surface area contributed by atoms with Gasteiger partial charge < -0.3 is 20.1 Å². The first-order chi connectivity index (χ1) is 16.1. The summed E-state index contributed by atoms with van der Waals surface area (Å²) in [6.45, 7) is 1.54. The van der Waals surface area contributed by atoms with Gasteiger partial charge in [0.1, 0.15) is 9.71 Å². The Bertz CT molecular complexity index is 1330. The number of amides is 1. The zero-order valence-corrected chi connectivity index (χ0v) is 19.4. The standard InChI is InChI=1S/C26H25N3O3S/c1-31-20-12-8-11-17(23(20)32-2)18-15-19(16-9-4-3-5-10-16)28-25-21(18)22(27)24(33-25)26(30)29-13-6-7-14-29/h3-5,8-12,15H,6-7,13-14,27H2,1-2H3. The van der Waals surface area contributed by atoms with Crippen LogP contribution in [0.1, 0.15) is 22.5 Å². The van der Waals surface area contributed by atoms with Crippen molar-refractivity contribution in [2.45, 2.75) is 12.8 Å². The molecular weight excluding hydrogens is 434 g/mol. The lowest BCUT2D eigenvalue weighted by Crippen LogP contribution is -2.27. The van der Waals surface area contributed by atoms with Gasteiger partial charge in [-0.3, -0.25) is 4.79 Å². The molecule has 2 N–H and O–H groups in total. The molecule has 0 saturated carbocycles. The summed E-state index contributed by atoms with van der Waals surface area (Å²) in [5, 5.41) is 0.772. The summed E-state index contributed by atoms with van der Waals surface area (Å²) >= 11 is 1.36. The third-order valence-electron chi connectivity index (χ3n) is 6.05. The predicted molar refractivity (Wildman–Crippen MR) is 133 cm³/mol. The molecule has 6 nitrogen and oxygen atoms in total. The van der Waals surface area contributed by atoms with Crippen molar-refractivity contribution in [2.75, 3.05) is 33.0 Å². The molecular formula is C26H25N3O3S. The van der Waals surface area contributed by atoms with Crippen LogP contribution in [0.5, 0.6) is 11.5 Å². The maximum absolute atomic E-state index is 13.2. The number of aromatic nitrogens is 1. The zero-order chi connectivity index (χ0) is 22.9. The van der Waals surface area contributed by atoms with Gasteiger partial charge in [-0.25, -0.2) is 4.98 Å². The highest BCUT2D eigenvalue weighted by Gasteiger charge is 2.27. The van der Waals surface area contributed by atoms with Crippen molar-refractivity contribution in [3.8, 4) is 33.9 Å². The highest BCUT2D eigenvalue weighted by molar-refractivity contribution is 7.21. The number of carbonyl (C=O) groups excluding carboxylic acids is 1. The summed E-state index contributed by atoms with van der Waals surface area (Å²) in [5.74, 6) is 1.23. The summed E-state index contributed by atoms with van der Waals surface area (Å²) in [5.41, 5.74) is 10.6. The molecule has 0 atom stereocenters. The number of para-hydroxylation sites is 1. The quantitative estimate of drug-likeness (QED) is 0.428. The fourth-order valence-corrected chi connectivity index (χ4v) is 5.50. The van der Waals surface area contributed by atoms with Gasteiger partial charge >= 0.3 is 0 Å². The lowest BCUT2D eigenvalue weighted by Gasteiger charge is -2.15. The van der Waals surface area contributed by atoms with E-state index in [1.165, 1.54) is 11.3 Å². The normalized spacial score (nSPS) is 13.5. The minimum atomic E-state index is -0.0159. The number of rotatable bonds is 5. The van der Waals surface area contributed by atoms with Gasteiger partial charge in [-0.15, -0.1) is 11.3 Å². The predicted octanol–water partition coefficient (Wildman–Crippen LogP) is 5.47. The SMILES string of the molecule is COc1cccc(-c2cc(-c3ccccc3)nc3sc(C(=O)N4CCCC4)c(N)c23)c1OC. The van der Waals surface area contributed by atoms with E-state index in [4.69, 9.17) is 20.2 Å². The molecule has 2 aromatic carbocycles. The Morgan fingerprint density at radius 3 is 2.45 bits per heavy atom. The number of hydrogen-bond acceptors (Lipinski definition) is 6. The van der Waals surface area contributed by atoms with Gasteiger partial charge in [0.2, 0.25) is 0 Å². The molecule has 0 radical (unpaired) electrons. The van der Waals surface area contributed by atoms with Crippen LogP contribution in [-0.4, -0.2) is 43.1 Å². The van der Waals surface area contributed by atoms with Crippen molar-refractivity contribution in [1.29, 1.82) is 0 Å². The summed E-state index contributed by atoms with van der Waals surface area (Å²) < 4.78 is 11.3. The van der Waals surface area contributed by atoms with E-state index in [1.807, 2.05) is 59.5 Å². The van der Waals surface area contributed by atoms with E-state index in [2.05, 4.69) is 0 Å². The van der Waals surface area contributed by atoms with E-state index >= 15 is 0 Å². The number of ether oxygens (including phenoxy) is 2. The number of nitrogen functional groups attached to an aromatic ring is 1. The van der Waals surface area contributed by atoms with E-state index < -0.39 is 0 Å². The van der Waals surface area contributed by atoms with Gasteiger partial charge in [0.15, 0.2) is 11.5 Å². The molecule has 1 aliphatic rings. The molecule has 2 aromatic heterocycles. The Morgan fingerprint density at radius 1 is 1.00 bits per heavy atom. The Balaban J connectivity index is 1.79. The van der Waals surface area contributed by atoms with Crippen LogP contribution in [0.25, 0.3) is 32.6 Å².